The van der Waals surface area contributed by atoms with Crippen LogP contribution < -0.4 is 15.5 Å². The van der Waals surface area contributed by atoms with Gasteiger partial charge in [0.2, 0.25) is 0 Å². The number of esters is 1. The zero-order valence-electron chi connectivity index (χ0n) is 16.8. The van der Waals surface area contributed by atoms with E-state index in [1.807, 2.05) is 0 Å². The number of quaternary nitrogens is 1. The van der Waals surface area contributed by atoms with Gasteiger partial charge in [-0.1, -0.05) is 12.5 Å². The average molecular weight is 426 g/mol. The van der Waals surface area contributed by atoms with Gasteiger partial charge in [-0.25, -0.2) is 4.39 Å². The molecule has 0 aromatic heterocycles. The van der Waals surface area contributed by atoms with E-state index in [4.69, 9.17) is 12.2 Å². The Morgan fingerprint density at radius 2 is 2.00 bits per heavy atom. The zero-order valence-corrected chi connectivity index (χ0v) is 17.7. The highest BCUT2D eigenvalue weighted by molar-refractivity contribution is 7.80. The quantitative estimate of drug-likeness (QED) is 0.305. The lowest BCUT2D eigenvalue weighted by atomic mass is 10.2. The minimum Gasteiger partial charge on any atom is -0.469 e. The minimum atomic E-state index is -0.367. The van der Waals surface area contributed by atoms with E-state index in [0.29, 0.717) is 18.7 Å². The van der Waals surface area contributed by atoms with Gasteiger partial charge in [0.15, 0.2) is 11.7 Å². The number of hydrogen-bond acceptors (Lipinski definition) is 4. The molecule has 2 rings (SSSR count). The van der Waals surface area contributed by atoms with E-state index >= 15 is 0 Å². The van der Waals surface area contributed by atoms with Crippen LogP contribution in [0.4, 0.5) is 10.1 Å². The van der Waals surface area contributed by atoms with Crippen molar-refractivity contribution < 1.29 is 23.6 Å². The number of nitrogens with zero attached hydrogens (tertiary/aromatic N) is 1. The maximum atomic E-state index is 13.2. The normalized spacial score (nSPS) is 14.3. The molecule has 1 aliphatic heterocycles. The molecule has 0 saturated carbocycles. The molecule has 0 radical (unpaired) electrons. The number of methoxy groups -OCH3 is 1. The number of hydrogen-bond donors (Lipinski definition) is 3. The number of ether oxygens (including phenoxy) is 1. The summed E-state index contributed by atoms with van der Waals surface area (Å²) in [5, 5.41) is 6.74. The van der Waals surface area contributed by atoms with Gasteiger partial charge in [0.1, 0.15) is 5.82 Å². The van der Waals surface area contributed by atoms with Crippen LogP contribution in [0, 0.1) is 5.82 Å². The fraction of sp³-hybridized carbons (Fsp3) is 0.550. The lowest BCUT2D eigenvalue weighted by Crippen LogP contribution is -3.15. The van der Waals surface area contributed by atoms with Gasteiger partial charge in [0.25, 0.3) is 5.91 Å². The fourth-order valence-electron chi connectivity index (χ4n) is 3.18. The van der Waals surface area contributed by atoms with Crippen LogP contribution in [-0.2, 0) is 14.3 Å². The number of thiocarbonyl (C=S) groups is 1. The monoisotopic (exact) mass is 425 g/mol. The van der Waals surface area contributed by atoms with Gasteiger partial charge in [-0.2, -0.15) is 0 Å². The third-order valence-corrected chi connectivity index (χ3v) is 5.24. The first-order valence-corrected chi connectivity index (χ1v) is 10.4. The predicted octanol–water partition coefficient (Wildman–Crippen LogP) is 0.573. The highest BCUT2D eigenvalue weighted by Gasteiger charge is 2.23. The standard InChI is InChI=1S/C20H29FN4O3S/c1-28-19(27)8-3-2-4-9-22-20(29)25-12-10-24(11-13-25)15-18(26)23-17-7-5-6-16(21)14-17/h5-7,14H,2-4,8-13,15H2,1H3,(H,22,29)(H,23,26)/p+1. The van der Waals surface area contributed by atoms with E-state index in [-0.39, 0.29) is 17.7 Å². The second-order valence-electron chi connectivity index (χ2n) is 7.09. The van der Waals surface area contributed by atoms with Crippen molar-refractivity contribution in [1.29, 1.82) is 0 Å². The Bertz CT molecular complexity index is 696. The molecule has 1 fully saturated rings. The first-order chi connectivity index (χ1) is 14.0. The fourth-order valence-corrected chi connectivity index (χ4v) is 3.47. The Morgan fingerprint density at radius 3 is 2.69 bits per heavy atom. The Balaban J connectivity index is 1.58. The molecule has 1 amide bonds. The van der Waals surface area contributed by atoms with Gasteiger partial charge in [-0.15, -0.1) is 0 Å². The maximum Gasteiger partial charge on any atom is 0.305 e. The number of benzene rings is 1. The SMILES string of the molecule is COC(=O)CCCCCNC(=S)N1CC[NH+](CC(=O)Nc2cccc(F)c2)CC1. The summed E-state index contributed by atoms with van der Waals surface area (Å²) in [5.74, 6) is -0.654. The molecule has 0 spiro atoms. The third-order valence-electron chi connectivity index (χ3n) is 4.84. The highest BCUT2D eigenvalue weighted by Crippen LogP contribution is 2.08. The van der Waals surface area contributed by atoms with Crippen molar-refractivity contribution in [2.24, 2.45) is 0 Å². The van der Waals surface area contributed by atoms with Gasteiger partial charge in [0, 0.05) is 18.7 Å². The molecular weight excluding hydrogens is 395 g/mol. The highest BCUT2D eigenvalue weighted by atomic mass is 32.1. The van der Waals surface area contributed by atoms with E-state index in [2.05, 4.69) is 20.3 Å². The summed E-state index contributed by atoms with van der Waals surface area (Å²) in [6, 6.07) is 5.90. The summed E-state index contributed by atoms with van der Waals surface area (Å²) in [6.45, 7) is 4.34. The Morgan fingerprint density at radius 1 is 1.24 bits per heavy atom. The molecule has 0 unspecified atom stereocenters. The number of anilines is 1. The van der Waals surface area contributed by atoms with Crippen LogP contribution in [0.3, 0.4) is 0 Å². The molecule has 1 aromatic rings. The molecule has 0 atom stereocenters. The Kier molecular flexibility index (Phi) is 9.79. The first-order valence-electron chi connectivity index (χ1n) is 9.96. The van der Waals surface area contributed by atoms with E-state index < -0.39 is 0 Å². The number of nitrogens with one attached hydrogen (secondary N) is 3. The van der Waals surface area contributed by atoms with Crippen LogP contribution in [0.15, 0.2) is 24.3 Å². The third kappa shape index (κ3) is 8.74. The Labute approximate surface area is 176 Å². The van der Waals surface area contributed by atoms with Gasteiger partial charge >= 0.3 is 5.97 Å². The van der Waals surface area contributed by atoms with Crippen molar-refractivity contribution in [3.05, 3.63) is 30.1 Å². The molecule has 0 bridgehead atoms. The summed E-state index contributed by atoms with van der Waals surface area (Å²) in [4.78, 5) is 26.5. The summed E-state index contributed by atoms with van der Waals surface area (Å²) >= 11 is 5.45. The molecule has 9 heteroatoms. The van der Waals surface area contributed by atoms with E-state index in [1.165, 1.54) is 24.1 Å². The van der Waals surface area contributed by atoms with Crippen LogP contribution in [0.25, 0.3) is 0 Å². The van der Waals surface area contributed by atoms with Gasteiger partial charge in [0.05, 0.1) is 33.3 Å². The maximum absolute atomic E-state index is 13.2. The molecule has 1 aromatic carbocycles. The second-order valence-corrected chi connectivity index (χ2v) is 7.48. The molecule has 160 valence electrons. The zero-order chi connectivity index (χ0) is 21.1. The predicted molar refractivity (Wildman–Crippen MR) is 113 cm³/mol. The summed E-state index contributed by atoms with van der Waals surface area (Å²) in [7, 11) is 1.40. The van der Waals surface area contributed by atoms with Crippen LogP contribution in [-0.4, -0.2) is 68.3 Å². The molecule has 1 heterocycles. The van der Waals surface area contributed by atoms with Crippen molar-refractivity contribution >= 4 is 34.9 Å². The first kappa shape index (κ1) is 23.0. The van der Waals surface area contributed by atoms with Crippen LogP contribution in [0.2, 0.25) is 0 Å². The number of carbonyl (C=O) groups excluding carboxylic acids is 2. The van der Waals surface area contributed by atoms with Crippen molar-refractivity contribution in [2.45, 2.75) is 25.7 Å². The van der Waals surface area contributed by atoms with Crippen molar-refractivity contribution in [3.8, 4) is 0 Å². The average Bonchev–Trinajstić information content (AvgIpc) is 2.70. The number of unbranched alkanes of at least 4 members (excludes halogenated alkanes) is 2. The molecule has 1 aliphatic rings. The van der Waals surface area contributed by atoms with Crippen LogP contribution in [0.5, 0.6) is 0 Å². The largest absolute Gasteiger partial charge is 0.469 e. The summed E-state index contributed by atoms with van der Waals surface area (Å²) in [6.07, 6.45) is 3.17. The minimum absolute atomic E-state index is 0.119. The molecule has 1 saturated heterocycles. The van der Waals surface area contributed by atoms with Gasteiger partial charge in [-0.3, -0.25) is 9.59 Å². The summed E-state index contributed by atoms with van der Waals surface area (Å²) in [5.41, 5.74) is 0.477. The van der Waals surface area contributed by atoms with Crippen LogP contribution in [0.1, 0.15) is 25.7 Å². The van der Waals surface area contributed by atoms with Gasteiger partial charge in [-0.05, 0) is 43.3 Å². The number of halogens is 1. The van der Waals surface area contributed by atoms with Crippen molar-refractivity contribution in [2.75, 3.05) is 51.7 Å². The summed E-state index contributed by atoms with van der Waals surface area (Å²) < 4.78 is 17.8. The van der Waals surface area contributed by atoms with Gasteiger partial charge < -0.3 is 25.2 Å². The second kappa shape index (κ2) is 12.3. The smallest absolute Gasteiger partial charge is 0.305 e. The topological polar surface area (TPSA) is 75.1 Å². The molecule has 29 heavy (non-hydrogen) atoms. The van der Waals surface area contributed by atoms with Crippen molar-refractivity contribution in [1.82, 2.24) is 10.2 Å². The Hall–Kier alpha value is -2.26. The van der Waals surface area contributed by atoms with E-state index in [1.54, 1.807) is 12.1 Å². The molecule has 0 aliphatic carbocycles. The lowest BCUT2D eigenvalue weighted by Gasteiger charge is -2.33. The van der Waals surface area contributed by atoms with Crippen LogP contribution >= 0.6 is 12.2 Å². The number of carbonyl (C=O) groups is 2. The molecule has 3 N–H and O–H groups in total. The lowest BCUT2D eigenvalue weighted by molar-refractivity contribution is -0.895. The van der Waals surface area contributed by atoms with E-state index in [0.717, 1.165) is 57.1 Å². The number of amides is 1. The number of rotatable bonds is 9. The molecular formula is C20H30FN4O3S+. The number of piperazine rings is 1. The van der Waals surface area contributed by atoms with Crippen molar-refractivity contribution in [3.63, 3.8) is 0 Å². The van der Waals surface area contributed by atoms with E-state index in [9.17, 15) is 14.0 Å². The molecule has 7 nitrogen and oxygen atoms in total.